The van der Waals surface area contributed by atoms with E-state index in [4.69, 9.17) is 11.6 Å². The van der Waals surface area contributed by atoms with Crippen molar-refractivity contribution >= 4 is 23.0 Å². The van der Waals surface area contributed by atoms with Gasteiger partial charge in [0.1, 0.15) is 0 Å². The number of hydrogen-bond acceptors (Lipinski definition) is 2. The number of para-hydroxylation sites is 1. The summed E-state index contributed by atoms with van der Waals surface area (Å²) in [6, 6.07) is 10.5. The Labute approximate surface area is 106 Å². The molecule has 0 bridgehead atoms. The van der Waals surface area contributed by atoms with Crippen LogP contribution in [0.25, 0.3) is 0 Å². The highest BCUT2D eigenvalue weighted by atomic mass is 35.5. The van der Waals surface area contributed by atoms with Gasteiger partial charge in [0.15, 0.2) is 0 Å². The van der Waals surface area contributed by atoms with Crippen LogP contribution in [-0.4, -0.2) is 11.5 Å². The van der Waals surface area contributed by atoms with E-state index in [1.54, 1.807) is 6.20 Å². The SMILES string of the molecule is ClCc1ccncc1N1CCc2ccccc21. The summed E-state index contributed by atoms with van der Waals surface area (Å²) in [5, 5.41) is 0. The molecule has 0 radical (unpaired) electrons. The summed E-state index contributed by atoms with van der Waals surface area (Å²) in [7, 11) is 0. The molecule has 1 aliphatic rings. The van der Waals surface area contributed by atoms with Crippen LogP contribution < -0.4 is 4.90 Å². The Balaban J connectivity index is 2.07. The van der Waals surface area contributed by atoms with Gasteiger partial charge in [0.2, 0.25) is 0 Å². The second kappa shape index (κ2) is 4.38. The summed E-state index contributed by atoms with van der Waals surface area (Å²) >= 11 is 5.98. The van der Waals surface area contributed by atoms with Crippen molar-refractivity contribution in [2.45, 2.75) is 12.3 Å². The minimum Gasteiger partial charge on any atom is -0.339 e. The third-order valence-corrected chi connectivity index (χ3v) is 3.50. The maximum atomic E-state index is 5.98. The minimum atomic E-state index is 0.524. The fourth-order valence-electron chi connectivity index (χ4n) is 2.36. The summed E-state index contributed by atoms with van der Waals surface area (Å²) in [6.07, 6.45) is 4.79. The molecule has 2 nitrogen and oxygen atoms in total. The molecule has 3 rings (SSSR count). The normalized spacial score (nSPS) is 13.8. The molecule has 0 amide bonds. The van der Waals surface area contributed by atoms with Gasteiger partial charge in [-0.25, -0.2) is 0 Å². The molecular weight excluding hydrogens is 232 g/mol. The van der Waals surface area contributed by atoms with Crippen LogP contribution in [0, 0.1) is 0 Å². The molecular formula is C14H13ClN2. The van der Waals surface area contributed by atoms with E-state index in [9.17, 15) is 0 Å². The zero-order chi connectivity index (χ0) is 11.7. The second-order valence-electron chi connectivity index (χ2n) is 4.17. The van der Waals surface area contributed by atoms with E-state index < -0.39 is 0 Å². The van der Waals surface area contributed by atoms with Gasteiger partial charge in [-0.05, 0) is 29.7 Å². The van der Waals surface area contributed by atoms with Crippen molar-refractivity contribution in [3.63, 3.8) is 0 Å². The number of benzene rings is 1. The van der Waals surface area contributed by atoms with Crippen molar-refractivity contribution in [2.75, 3.05) is 11.4 Å². The third kappa shape index (κ3) is 1.79. The number of hydrogen-bond donors (Lipinski definition) is 0. The number of fused-ring (bicyclic) bond motifs is 1. The first-order valence-corrected chi connectivity index (χ1v) is 6.28. The van der Waals surface area contributed by atoms with Crippen LogP contribution in [0.5, 0.6) is 0 Å². The number of halogens is 1. The molecule has 0 aliphatic carbocycles. The molecule has 0 unspecified atom stereocenters. The molecule has 17 heavy (non-hydrogen) atoms. The van der Waals surface area contributed by atoms with E-state index in [2.05, 4.69) is 34.1 Å². The first-order chi connectivity index (χ1) is 8.40. The number of pyridine rings is 1. The highest BCUT2D eigenvalue weighted by Crippen LogP contribution is 2.35. The Morgan fingerprint density at radius 3 is 2.94 bits per heavy atom. The Bertz CT molecular complexity index is 539. The number of aromatic nitrogens is 1. The molecule has 2 heterocycles. The lowest BCUT2D eigenvalue weighted by Gasteiger charge is -2.21. The molecule has 0 spiro atoms. The minimum absolute atomic E-state index is 0.524. The van der Waals surface area contributed by atoms with Gasteiger partial charge < -0.3 is 4.90 Å². The van der Waals surface area contributed by atoms with Crippen LogP contribution in [0.3, 0.4) is 0 Å². The molecule has 0 fully saturated rings. The van der Waals surface area contributed by atoms with Gasteiger partial charge in [-0.2, -0.15) is 0 Å². The maximum absolute atomic E-state index is 5.98. The van der Waals surface area contributed by atoms with Crippen LogP contribution in [0.1, 0.15) is 11.1 Å². The monoisotopic (exact) mass is 244 g/mol. The number of anilines is 2. The van der Waals surface area contributed by atoms with Crippen LogP contribution >= 0.6 is 11.6 Å². The standard InChI is InChI=1S/C14H13ClN2/c15-9-12-5-7-16-10-14(12)17-8-6-11-3-1-2-4-13(11)17/h1-5,7,10H,6,8-9H2. The Morgan fingerprint density at radius 2 is 2.06 bits per heavy atom. The topological polar surface area (TPSA) is 16.1 Å². The van der Waals surface area contributed by atoms with E-state index in [0.717, 1.165) is 24.2 Å². The molecule has 0 atom stereocenters. The molecule has 2 aromatic rings. The fraction of sp³-hybridized carbons (Fsp3) is 0.214. The fourth-order valence-corrected chi connectivity index (χ4v) is 2.59. The van der Waals surface area contributed by atoms with Gasteiger partial charge in [0.25, 0.3) is 0 Å². The predicted molar refractivity (Wildman–Crippen MR) is 70.9 cm³/mol. The van der Waals surface area contributed by atoms with Gasteiger partial charge in [0.05, 0.1) is 11.9 Å². The molecule has 86 valence electrons. The molecule has 0 N–H and O–H groups in total. The molecule has 1 aliphatic heterocycles. The van der Waals surface area contributed by atoms with Gasteiger partial charge in [0, 0.05) is 24.3 Å². The van der Waals surface area contributed by atoms with Crippen LogP contribution in [0.15, 0.2) is 42.7 Å². The summed E-state index contributed by atoms with van der Waals surface area (Å²) < 4.78 is 0. The average Bonchev–Trinajstić information content (AvgIpc) is 2.82. The van der Waals surface area contributed by atoms with Gasteiger partial charge in [-0.15, -0.1) is 11.6 Å². The number of nitrogens with zero attached hydrogens (tertiary/aromatic N) is 2. The zero-order valence-corrected chi connectivity index (χ0v) is 10.2. The smallest absolute Gasteiger partial charge is 0.0642 e. The molecule has 0 saturated carbocycles. The van der Waals surface area contributed by atoms with Gasteiger partial charge in [-0.1, -0.05) is 18.2 Å². The van der Waals surface area contributed by atoms with Crippen LogP contribution in [0.2, 0.25) is 0 Å². The average molecular weight is 245 g/mol. The number of alkyl halides is 1. The summed E-state index contributed by atoms with van der Waals surface area (Å²) in [4.78, 5) is 6.52. The van der Waals surface area contributed by atoms with Crippen molar-refractivity contribution in [3.8, 4) is 0 Å². The van der Waals surface area contributed by atoms with Crippen LogP contribution in [0.4, 0.5) is 11.4 Å². The zero-order valence-electron chi connectivity index (χ0n) is 9.44. The quantitative estimate of drug-likeness (QED) is 0.752. The third-order valence-electron chi connectivity index (χ3n) is 3.21. The van der Waals surface area contributed by atoms with E-state index in [1.807, 2.05) is 12.3 Å². The Kier molecular flexibility index (Phi) is 2.73. The van der Waals surface area contributed by atoms with Gasteiger partial charge in [-0.3, -0.25) is 4.98 Å². The van der Waals surface area contributed by atoms with Crippen molar-refractivity contribution in [1.82, 2.24) is 4.98 Å². The first-order valence-electron chi connectivity index (χ1n) is 5.74. The lowest BCUT2D eigenvalue weighted by Crippen LogP contribution is -2.15. The largest absolute Gasteiger partial charge is 0.339 e. The lowest BCUT2D eigenvalue weighted by molar-refractivity contribution is 0.984. The van der Waals surface area contributed by atoms with E-state index in [0.29, 0.717) is 5.88 Å². The molecule has 0 saturated heterocycles. The summed E-state index contributed by atoms with van der Waals surface area (Å²) in [5.74, 6) is 0.524. The summed E-state index contributed by atoms with van der Waals surface area (Å²) in [5.41, 5.74) is 4.95. The summed E-state index contributed by atoms with van der Waals surface area (Å²) in [6.45, 7) is 1.01. The maximum Gasteiger partial charge on any atom is 0.0642 e. The van der Waals surface area contributed by atoms with Crippen molar-refractivity contribution in [1.29, 1.82) is 0 Å². The molecule has 3 heteroatoms. The van der Waals surface area contributed by atoms with E-state index in [1.165, 1.54) is 11.3 Å². The Hall–Kier alpha value is -1.54. The van der Waals surface area contributed by atoms with E-state index in [-0.39, 0.29) is 0 Å². The van der Waals surface area contributed by atoms with Crippen LogP contribution in [-0.2, 0) is 12.3 Å². The van der Waals surface area contributed by atoms with Crippen molar-refractivity contribution in [2.24, 2.45) is 0 Å². The molecule has 1 aromatic heterocycles. The van der Waals surface area contributed by atoms with Crippen molar-refractivity contribution in [3.05, 3.63) is 53.9 Å². The molecule has 1 aromatic carbocycles. The Morgan fingerprint density at radius 1 is 1.18 bits per heavy atom. The first kappa shape index (κ1) is 10.6. The predicted octanol–water partition coefficient (Wildman–Crippen LogP) is 3.51. The highest BCUT2D eigenvalue weighted by molar-refractivity contribution is 6.17. The number of rotatable bonds is 2. The van der Waals surface area contributed by atoms with E-state index >= 15 is 0 Å². The highest BCUT2D eigenvalue weighted by Gasteiger charge is 2.21. The van der Waals surface area contributed by atoms with Gasteiger partial charge >= 0.3 is 0 Å². The second-order valence-corrected chi connectivity index (χ2v) is 4.44. The van der Waals surface area contributed by atoms with Crippen molar-refractivity contribution < 1.29 is 0 Å². The lowest BCUT2D eigenvalue weighted by atomic mass is 10.2.